The summed E-state index contributed by atoms with van der Waals surface area (Å²) in [4.78, 5) is 0. The van der Waals surface area contributed by atoms with Crippen LogP contribution in [0.25, 0.3) is 0 Å². The van der Waals surface area contributed by atoms with Crippen molar-refractivity contribution in [2.24, 2.45) is 5.41 Å². The minimum absolute atomic E-state index is 0.190. The summed E-state index contributed by atoms with van der Waals surface area (Å²) >= 11 is 0. The van der Waals surface area contributed by atoms with Gasteiger partial charge >= 0.3 is 0 Å². The van der Waals surface area contributed by atoms with Gasteiger partial charge in [0.2, 0.25) is 0 Å². The molecule has 15 heavy (non-hydrogen) atoms. The van der Waals surface area contributed by atoms with E-state index in [0.717, 1.165) is 0 Å². The summed E-state index contributed by atoms with van der Waals surface area (Å²) < 4.78 is 0. The molecule has 0 aliphatic heterocycles. The van der Waals surface area contributed by atoms with Crippen molar-refractivity contribution in [3.63, 3.8) is 0 Å². The molecule has 0 fully saturated rings. The van der Waals surface area contributed by atoms with Gasteiger partial charge in [-0.15, -0.1) is 0 Å². The molecule has 4 atom stereocenters. The Balaban J connectivity index is 4.25. The highest BCUT2D eigenvalue weighted by molar-refractivity contribution is 4.83. The predicted molar refractivity (Wildman–Crippen MR) is 55.2 cm³/mol. The minimum atomic E-state index is -1.53. The van der Waals surface area contributed by atoms with Crippen LogP contribution in [0.2, 0.25) is 0 Å². The van der Waals surface area contributed by atoms with Crippen LogP contribution in [0.1, 0.15) is 27.2 Å². The molecule has 0 bridgehead atoms. The number of hydrogen-bond donors (Lipinski definition) is 5. The lowest BCUT2D eigenvalue weighted by Gasteiger charge is -2.29. The van der Waals surface area contributed by atoms with Crippen LogP contribution < -0.4 is 0 Å². The Hall–Kier alpha value is -0.200. The first-order chi connectivity index (χ1) is 6.69. The lowest BCUT2D eigenvalue weighted by atomic mass is 9.86. The van der Waals surface area contributed by atoms with Gasteiger partial charge in [-0.2, -0.15) is 0 Å². The van der Waals surface area contributed by atoms with Crippen LogP contribution in [0, 0.1) is 5.41 Å². The number of aliphatic hydroxyl groups excluding tert-OH is 5. The van der Waals surface area contributed by atoms with Crippen molar-refractivity contribution in [1.82, 2.24) is 0 Å². The molecule has 0 aromatic rings. The normalized spacial score (nSPS) is 20.8. The van der Waals surface area contributed by atoms with E-state index >= 15 is 0 Å². The van der Waals surface area contributed by atoms with Gasteiger partial charge in [0.05, 0.1) is 12.7 Å². The molecular formula is C10H22O5. The maximum atomic E-state index is 9.57. The van der Waals surface area contributed by atoms with E-state index in [1.807, 2.05) is 20.8 Å². The molecule has 0 unspecified atom stereocenters. The van der Waals surface area contributed by atoms with Crippen molar-refractivity contribution in [2.45, 2.75) is 51.6 Å². The zero-order valence-corrected chi connectivity index (χ0v) is 9.46. The Kier molecular flexibility index (Phi) is 5.69. The molecule has 0 amide bonds. The topological polar surface area (TPSA) is 101 Å². The van der Waals surface area contributed by atoms with Crippen LogP contribution in [0.3, 0.4) is 0 Å². The molecule has 0 radical (unpaired) electrons. The van der Waals surface area contributed by atoms with E-state index in [1.54, 1.807) is 0 Å². The van der Waals surface area contributed by atoms with E-state index in [-0.39, 0.29) is 5.41 Å². The van der Waals surface area contributed by atoms with Gasteiger partial charge in [0.15, 0.2) is 0 Å². The van der Waals surface area contributed by atoms with Crippen LogP contribution in [0.5, 0.6) is 0 Å². The average Bonchev–Trinajstić information content (AvgIpc) is 2.11. The first-order valence-electron chi connectivity index (χ1n) is 5.02. The molecule has 5 N–H and O–H groups in total. The monoisotopic (exact) mass is 222 g/mol. The molecule has 0 heterocycles. The zero-order valence-electron chi connectivity index (χ0n) is 9.46. The highest BCUT2D eigenvalue weighted by atomic mass is 16.4. The van der Waals surface area contributed by atoms with Gasteiger partial charge in [0.25, 0.3) is 0 Å². The molecule has 0 saturated carbocycles. The largest absolute Gasteiger partial charge is 0.394 e. The molecule has 0 rings (SSSR count). The Labute approximate surface area is 90.0 Å². The second-order valence-corrected chi connectivity index (χ2v) is 5.06. The maximum absolute atomic E-state index is 9.57. The zero-order chi connectivity index (χ0) is 12.2. The highest BCUT2D eigenvalue weighted by Crippen LogP contribution is 2.23. The fourth-order valence-electron chi connectivity index (χ4n) is 1.31. The summed E-state index contributed by atoms with van der Waals surface area (Å²) in [5.41, 5.74) is -0.190. The highest BCUT2D eigenvalue weighted by Gasteiger charge is 2.32. The summed E-state index contributed by atoms with van der Waals surface area (Å²) in [7, 11) is 0. The van der Waals surface area contributed by atoms with Gasteiger partial charge in [-0.05, 0) is 11.8 Å². The third kappa shape index (κ3) is 5.44. The molecule has 0 saturated heterocycles. The van der Waals surface area contributed by atoms with Crippen LogP contribution in [0.15, 0.2) is 0 Å². The quantitative estimate of drug-likeness (QED) is 0.405. The van der Waals surface area contributed by atoms with Gasteiger partial charge in [0, 0.05) is 0 Å². The third-order valence-corrected chi connectivity index (χ3v) is 2.15. The Morgan fingerprint density at radius 3 is 1.60 bits per heavy atom. The fourth-order valence-corrected chi connectivity index (χ4v) is 1.31. The number of aliphatic hydroxyl groups is 5. The van der Waals surface area contributed by atoms with Gasteiger partial charge < -0.3 is 25.5 Å². The predicted octanol–water partition coefficient (Wildman–Crippen LogP) is -1.14. The van der Waals surface area contributed by atoms with Crippen LogP contribution in [-0.2, 0) is 0 Å². The van der Waals surface area contributed by atoms with Crippen LogP contribution >= 0.6 is 0 Å². The van der Waals surface area contributed by atoms with E-state index < -0.39 is 31.0 Å². The van der Waals surface area contributed by atoms with E-state index in [1.165, 1.54) is 0 Å². The van der Waals surface area contributed by atoms with Gasteiger partial charge in [-0.1, -0.05) is 20.8 Å². The van der Waals surface area contributed by atoms with E-state index in [9.17, 15) is 15.3 Å². The van der Waals surface area contributed by atoms with Crippen molar-refractivity contribution >= 4 is 0 Å². The minimum Gasteiger partial charge on any atom is -0.394 e. The number of hydrogen-bond acceptors (Lipinski definition) is 5. The second-order valence-electron chi connectivity index (χ2n) is 5.06. The molecule has 92 valence electrons. The lowest BCUT2D eigenvalue weighted by Crippen LogP contribution is -2.46. The standard InChI is InChI=1S/C10H22O5/c1-10(2,3)4-6(12)8(14)9(15)7(13)5-11/h6-9,11-15H,4-5H2,1-3H3/t6-,7-,8-,9-/m1/s1. The van der Waals surface area contributed by atoms with Crippen molar-refractivity contribution < 1.29 is 25.5 Å². The first-order valence-corrected chi connectivity index (χ1v) is 5.02. The molecule has 0 aliphatic carbocycles. The second kappa shape index (κ2) is 5.77. The van der Waals surface area contributed by atoms with Gasteiger partial charge in [0.1, 0.15) is 18.3 Å². The summed E-state index contributed by atoms with van der Waals surface area (Å²) in [5.74, 6) is 0. The van der Waals surface area contributed by atoms with E-state index in [0.29, 0.717) is 6.42 Å². The fraction of sp³-hybridized carbons (Fsp3) is 1.00. The Bertz CT molecular complexity index is 177. The van der Waals surface area contributed by atoms with E-state index in [4.69, 9.17) is 10.2 Å². The lowest BCUT2D eigenvalue weighted by molar-refractivity contribution is -0.121. The molecule has 0 spiro atoms. The molecule has 0 aromatic carbocycles. The number of rotatable bonds is 5. The summed E-state index contributed by atoms with van der Waals surface area (Å²) in [6.45, 7) is 5.01. The van der Waals surface area contributed by atoms with Crippen LogP contribution in [0.4, 0.5) is 0 Å². The van der Waals surface area contributed by atoms with Gasteiger partial charge in [-0.3, -0.25) is 0 Å². The van der Waals surface area contributed by atoms with Crippen molar-refractivity contribution in [2.75, 3.05) is 6.61 Å². The third-order valence-electron chi connectivity index (χ3n) is 2.15. The molecule has 0 aromatic heterocycles. The molecule has 5 heteroatoms. The SMILES string of the molecule is CC(C)(C)C[C@@H](O)[C@@H](O)[C@H](O)[C@H](O)CO. The summed E-state index contributed by atoms with van der Waals surface area (Å²) in [6.07, 6.45) is -5.25. The van der Waals surface area contributed by atoms with Gasteiger partial charge in [-0.25, -0.2) is 0 Å². The summed E-state index contributed by atoms with van der Waals surface area (Å²) in [6, 6.07) is 0. The first kappa shape index (κ1) is 14.8. The van der Waals surface area contributed by atoms with Crippen molar-refractivity contribution in [3.8, 4) is 0 Å². The maximum Gasteiger partial charge on any atom is 0.110 e. The smallest absolute Gasteiger partial charge is 0.110 e. The Morgan fingerprint density at radius 1 is 0.867 bits per heavy atom. The average molecular weight is 222 g/mol. The van der Waals surface area contributed by atoms with Crippen molar-refractivity contribution in [3.05, 3.63) is 0 Å². The van der Waals surface area contributed by atoms with E-state index in [2.05, 4.69) is 0 Å². The molecular weight excluding hydrogens is 200 g/mol. The van der Waals surface area contributed by atoms with Crippen molar-refractivity contribution in [1.29, 1.82) is 0 Å². The Morgan fingerprint density at radius 2 is 1.27 bits per heavy atom. The molecule has 5 nitrogen and oxygen atoms in total. The van der Waals surface area contributed by atoms with Crippen LogP contribution in [-0.4, -0.2) is 56.6 Å². The summed E-state index contributed by atoms with van der Waals surface area (Å²) in [5, 5.41) is 46.0. The molecule has 0 aliphatic rings.